The van der Waals surface area contributed by atoms with Gasteiger partial charge < -0.3 is 8.98 Å². The van der Waals surface area contributed by atoms with Crippen LogP contribution in [0.4, 0.5) is 0 Å². The van der Waals surface area contributed by atoms with E-state index in [1.54, 1.807) is 5.56 Å². The monoisotopic (exact) mass is 709 g/mol. The fourth-order valence-electron chi connectivity index (χ4n) is 12.0. The third-order valence-electron chi connectivity index (χ3n) is 13.9. The zero-order valence-electron chi connectivity index (χ0n) is 30.6. The molecule has 0 N–H and O–H groups in total. The van der Waals surface area contributed by atoms with Gasteiger partial charge in [0.25, 0.3) is 0 Å². The number of nitrogens with zero attached hydrogens (tertiary/aromatic N) is 3. The molecule has 55 heavy (non-hydrogen) atoms. The minimum absolute atomic E-state index is 0.374. The summed E-state index contributed by atoms with van der Waals surface area (Å²) < 4.78 is 11.2. The van der Waals surface area contributed by atoms with Crippen molar-refractivity contribution in [3.05, 3.63) is 151 Å². The average Bonchev–Trinajstić information content (AvgIpc) is 3.88. The Morgan fingerprint density at radius 2 is 1.13 bits per heavy atom. The van der Waals surface area contributed by atoms with Crippen molar-refractivity contribution >= 4 is 65.6 Å². The Morgan fingerprint density at radius 1 is 0.509 bits per heavy atom. The minimum Gasteiger partial charge on any atom is -0.455 e. The first kappa shape index (κ1) is 30.2. The molecule has 0 unspecified atom stereocenters. The summed E-state index contributed by atoms with van der Waals surface area (Å²) in [6.45, 7) is 0. The lowest BCUT2D eigenvalue weighted by molar-refractivity contribution is -0.00512. The molecule has 0 aliphatic heterocycles. The van der Waals surface area contributed by atoms with Gasteiger partial charge in [-0.2, -0.15) is 0 Å². The predicted octanol–water partition coefficient (Wildman–Crippen LogP) is 13.3. The van der Waals surface area contributed by atoms with Crippen LogP contribution in [0.25, 0.3) is 88.2 Å². The quantitative estimate of drug-likeness (QED) is 0.182. The summed E-state index contributed by atoms with van der Waals surface area (Å²) in [7, 11) is 0. The maximum atomic E-state index is 6.44. The highest BCUT2D eigenvalue weighted by Crippen LogP contribution is 2.61. The van der Waals surface area contributed by atoms with Crippen molar-refractivity contribution in [2.24, 2.45) is 17.8 Å². The van der Waals surface area contributed by atoms with Gasteiger partial charge in [-0.25, -0.2) is 4.98 Å². The highest BCUT2D eigenvalue weighted by Gasteiger charge is 2.51. The number of furan rings is 1. The fraction of sp³-hybridized carbons (Fsp3) is 0.196. The molecule has 4 aliphatic rings. The van der Waals surface area contributed by atoms with Crippen molar-refractivity contribution in [1.82, 2.24) is 14.1 Å². The second-order valence-corrected chi connectivity index (χ2v) is 17.0. The summed E-state index contributed by atoms with van der Waals surface area (Å²) in [5.41, 5.74) is 11.9. The molecular weight excluding hydrogens is 671 g/mol. The van der Waals surface area contributed by atoms with Gasteiger partial charge in [-0.05, 0) is 127 Å². The van der Waals surface area contributed by atoms with Gasteiger partial charge in [0.15, 0.2) is 0 Å². The smallest absolute Gasteiger partial charge is 0.143 e. The van der Waals surface area contributed by atoms with Crippen LogP contribution in [0.1, 0.15) is 44.1 Å². The Bertz CT molecular complexity index is 3160. The highest BCUT2D eigenvalue weighted by molar-refractivity contribution is 6.13. The zero-order chi connectivity index (χ0) is 35.8. The maximum Gasteiger partial charge on any atom is 0.143 e. The van der Waals surface area contributed by atoms with Crippen molar-refractivity contribution in [3.8, 4) is 22.6 Å². The van der Waals surface area contributed by atoms with Crippen LogP contribution in [-0.2, 0) is 5.41 Å². The molecule has 0 atom stereocenters. The SMILES string of the molecule is c1ccc2c(c1)oc1c(-c3ccc4c(c3)c3ccccc3n4-c3ccc(-n4c5ccccc5c5cc(C67CC8CC(CC(C8)C6)C7)ccc54)cn3)cccc12. The van der Waals surface area contributed by atoms with Crippen molar-refractivity contribution < 1.29 is 4.42 Å². The molecule has 4 nitrogen and oxygen atoms in total. The van der Waals surface area contributed by atoms with E-state index in [0.29, 0.717) is 5.41 Å². The standard InChI is InChI=1S/C51H39N3O/c1-4-13-44-39(9-1)43-26-35(51-27-31-22-32(28-51)24-33(23-31)29-51)17-20-46(43)53(44)36-18-21-49(52-30-36)54-45-14-5-2-8-38(45)42-25-34(16-19-47(42)54)37-11-7-12-41-40-10-3-6-15-48(40)55-50(37)41/h1-21,25-26,30-33H,22-24,27-29H2. The number of hydrogen-bond acceptors (Lipinski definition) is 2. The van der Waals surface area contributed by atoms with Crippen LogP contribution in [0.5, 0.6) is 0 Å². The van der Waals surface area contributed by atoms with Crippen molar-refractivity contribution in [2.45, 2.75) is 43.9 Å². The topological polar surface area (TPSA) is 35.9 Å². The third-order valence-corrected chi connectivity index (χ3v) is 13.9. The summed E-state index contributed by atoms with van der Waals surface area (Å²) in [4.78, 5) is 5.21. The van der Waals surface area contributed by atoms with E-state index in [2.05, 4.69) is 149 Å². The van der Waals surface area contributed by atoms with E-state index < -0.39 is 0 Å². The van der Waals surface area contributed by atoms with E-state index >= 15 is 0 Å². The molecule has 0 spiro atoms. The normalized spacial score (nSPS) is 22.0. The summed E-state index contributed by atoms with van der Waals surface area (Å²) in [6.07, 6.45) is 10.6. The first-order valence-corrected chi connectivity index (χ1v) is 20.1. The van der Waals surface area contributed by atoms with E-state index in [9.17, 15) is 0 Å². The van der Waals surface area contributed by atoms with Crippen LogP contribution < -0.4 is 0 Å². The molecule has 10 aromatic rings. The maximum absolute atomic E-state index is 6.44. The molecule has 0 saturated heterocycles. The lowest BCUT2D eigenvalue weighted by Crippen LogP contribution is -2.48. The van der Waals surface area contributed by atoms with Crippen LogP contribution in [0.3, 0.4) is 0 Å². The largest absolute Gasteiger partial charge is 0.455 e. The molecule has 4 aliphatic carbocycles. The Hall–Kier alpha value is -6.13. The molecule has 264 valence electrons. The van der Waals surface area contributed by atoms with E-state index in [4.69, 9.17) is 9.40 Å². The zero-order valence-corrected chi connectivity index (χ0v) is 30.6. The van der Waals surface area contributed by atoms with Gasteiger partial charge in [-0.1, -0.05) is 84.9 Å². The van der Waals surface area contributed by atoms with E-state index in [1.165, 1.54) is 71.1 Å². The van der Waals surface area contributed by atoms with Gasteiger partial charge in [0.2, 0.25) is 0 Å². The summed E-state index contributed by atoms with van der Waals surface area (Å²) >= 11 is 0. The van der Waals surface area contributed by atoms with Crippen molar-refractivity contribution in [1.29, 1.82) is 0 Å². The molecule has 14 rings (SSSR count). The predicted molar refractivity (Wildman–Crippen MR) is 225 cm³/mol. The number of rotatable bonds is 4. The molecule has 4 bridgehead atoms. The van der Waals surface area contributed by atoms with Crippen LogP contribution in [0.2, 0.25) is 0 Å². The first-order valence-electron chi connectivity index (χ1n) is 20.1. The fourth-order valence-corrected chi connectivity index (χ4v) is 12.0. The molecule has 4 fully saturated rings. The van der Waals surface area contributed by atoms with Gasteiger partial charge in [0.05, 0.1) is 34.0 Å². The first-order chi connectivity index (χ1) is 27.2. The average molecular weight is 710 g/mol. The van der Waals surface area contributed by atoms with Gasteiger partial charge in [0.1, 0.15) is 17.0 Å². The lowest BCUT2D eigenvalue weighted by Gasteiger charge is -2.57. The van der Waals surface area contributed by atoms with Gasteiger partial charge in [0, 0.05) is 37.9 Å². The lowest BCUT2D eigenvalue weighted by atomic mass is 9.48. The molecule has 0 amide bonds. The van der Waals surface area contributed by atoms with Gasteiger partial charge in [-0.15, -0.1) is 0 Å². The molecular formula is C51H39N3O. The molecule has 4 heterocycles. The summed E-state index contributed by atoms with van der Waals surface area (Å²) in [5, 5.41) is 7.39. The van der Waals surface area contributed by atoms with Gasteiger partial charge >= 0.3 is 0 Å². The summed E-state index contributed by atoms with van der Waals surface area (Å²) in [5.74, 6) is 3.71. The van der Waals surface area contributed by atoms with Gasteiger partial charge in [-0.3, -0.25) is 4.57 Å². The van der Waals surface area contributed by atoms with Crippen LogP contribution in [-0.4, -0.2) is 14.1 Å². The summed E-state index contributed by atoms with van der Waals surface area (Å²) in [6, 6.07) is 51.1. The second-order valence-electron chi connectivity index (χ2n) is 17.0. The number of fused-ring (bicyclic) bond motifs is 9. The number of aromatic nitrogens is 3. The Morgan fingerprint density at radius 3 is 1.87 bits per heavy atom. The van der Waals surface area contributed by atoms with Crippen LogP contribution in [0.15, 0.2) is 150 Å². The van der Waals surface area contributed by atoms with E-state index in [1.807, 2.05) is 6.07 Å². The number of benzene rings is 6. The number of para-hydroxylation sites is 4. The van der Waals surface area contributed by atoms with Crippen molar-refractivity contribution in [3.63, 3.8) is 0 Å². The van der Waals surface area contributed by atoms with Crippen LogP contribution in [0, 0.1) is 17.8 Å². The van der Waals surface area contributed by atoms with Crippen LogP contribution >= 0.6 is 0 Å². The minimum atomic E-state index is 0.374. The Balaban J connectivity index is 0.926. The molecule has 6 aromatic carbocycles. The van der Waals surface area contributed by atoms with E-state index in [0.717, 1.165) is 73.4 Å². The number of hydrogen-bond donors (Lipinski definition) is 0. The second kappa shape index (κ2) is 11.0. The van der Waals surface area contributed by atoms with Crippen molar-refractivity contribution in [2.75, 3.05) is 0 Å². The Kier molecular flexibility index (Phi) is 6.03. The third kappa shape index (κ3) is 4.25. The Labute approximate surface area is 318 Å². The highest BCUT2D eigenvalue weighted by atomic mass is 16.3. The molecule has 0 radical (unpaired) electrons. The molecule has 4 aromatic heterocycles. The van der Waals surface area contributed by atoms with E-state index in [-0.39, 0.29) is 0 Å². The molecule has 4 saturated carbocycles. The molecule has 4 heteroatoms. The number of pyridine rings is 1.